The van der Waals surface area contributed by atoms with Gasteiger partial charge < -0.3 is 10.3 Å². The van der Waals surface area contributed by atoms with E-state index >= 15 is 0 Å². The first-order valence-corrected chi connectivity index (χ1v) is 13.0. The summed E-state index contributed by atoms with van der Waals surface area (Å²) in [6.45, 7) is 4.48. The van der Waals surface area contributed by atoms with Crippen molar-refractivity contribution in [1.82, 2.24) is 20.3 Å². The molecule has 0 aliphatic heterocycles. The van der Waals surface area contributed by atoms with Crippen LogP contribution in [0.5, 0.6) is 0 Å². The second kappa shape index (κ2) is 8.36. The van der Waals surface area contributed by atoms with Crippen molar-refractivity contribution in [3.8, 4) is 0 Å². The van der Waals surface area contributed by atoms with E-state index in [9.17, 15) is 8.42 Å². The molecule has 0 spiro atoms. The molecule has 0 saturated heterocycles. The zero-order valence-corrected chi connectivity index (χ0v) is 18.6. The largest absolute Gasteiger partial charge is 0.360 e. The molecule has 2 saturated carbocycles. The standard InChI is InChI=1S/C24H30N4O2S/c1-2-13-31(29,30)24(28-14-16-3-4-16)18-7-5-17(6-8-18)19-9-11-25-21-15-27-23-20(22(19)21)10-12-26-23/h2,9-12,15-18,24-25,28H,1,3-8,13-14H2. The zero-order valence-electron chi connectivity index (χ0n) is 17.8. The Bertz CT molecular complexity index is 1190. The number of H-pyrrole nitrogens is 1. The number of nitrogens with one attached hydrogen (secondary N) is 2. The molecule has 1 atom stereocenters. The van der Waals surface area contributed by atoms with Gasteiger partial charge in [-0.2, -0.15) is 0 Å². The van der Waals surface area contributed by atoms with Crippen LogP contribution in [-0.2, 0) is 9.84 Å². The lowest BCUT2D eigenvalue weighted by molar-refractivity contribution is 0.291. The van der Waals surface area contributed by atoms with Gasteiger partial charge >= 0.3 is 0 Å². The summed E-state index contributed by atoms with van der Waals surface area (Å²) < 4.78 is 25.9. The van der Waals surface area contributed by atoms with Crippen molar-refractivity contribution >= 4 is 31.8 Å². The predicted octanol–water partition coefficient (Wildman–Crippen LogP) is 4.31. The average molecular weight is 439 g/mol. The summed E-state index contributed by atoms with van der Waals surface area (Å²) in [7, 11) is -3.23. The van der Waals surface area contributed by atoms with Gasteiger partial charge in [-0.1, -0.05) is 6.08 Å². The quantitative estimate of drug-likeness (QED) is 0.512. The fourth-order valence-corrected chi connectivity index (χ4v) is 6.96. The van der Waals surface area contributed by atoms with Crippen LogP contribution in [0.2, 0.25) is 0 Å². The van der Waals surface area contributed by atoms with Crippen LogP contribution in [0.4, 0.5) is 0 Å². The first-order valence-electron chi connectivity index (χ1n) is 11.3. The molecule has 0 amide bonds. The summed E-state index contributed by atoms with van der Waals surface area (Å²) in [4.78, 5) is 12.1. The number of hydrogen-bond donors (Lipinski definition) is 2. The van der Waals surface area contributed by atoms with Gasteiger partial charge in [0.05, 0.1) is 17.5 Å². The number of hydrogen-bond acceptors (Lipinski definition) is 5. The van der Waals surface area contributed by atoms with Gasteiger partial charge in [0, 0.05) is 23.2 Å². The minimum atomic E-state index is -3.23. The third-order valence-corrected chi connectivity index (χ3v) is 9.03. The van der Waals surface area contributed by atoms with E-state index in [1.54, 1.807) is 0 Å². The Balaban J connectivity index is 1.38. The molecular formula is C24H30N4O2S. The molecule has 2 aliphatic rings. The first kappa shape index (κ1) is 20.6. The molecule has 0 radical (unpaired) electrons. The normalized spacial score (nSPS) is 23.2. The van der Waals surface area contributed by atoms with E-state index in [-0.39, 0.29) is 11.7 Å². The lowest BCUT2D eigenvalue weighted by Gasteiger charge is -2.34. The Morgan fingerprint density at radius 1 is 1.16 bits per heavy atom. The van der Waals surface area contributed by atoms with Crippen molar-refractivity contribution in [2.45, 2.75) is 49.8 Å². The van der Waals surface area contributed by atoms with E-state index in [1.807, 2.05) is 24.7 Å². The minimum Gasteiger partial charge on any atom is -0.360 e. The van der Waals surface area contributed by atoms with Crippen molar-refractivity contribution in [2.24, 2.45) is 11.8 Å². The Hall–Kier alpha value is -2.25. The third kappa shape index (κ3) is 4.13. The maximum absolute atomic E-state index is 13.0. The zero-order chi connectivity index (χ0) is 21.4. The van der Waals surface area contributed by atoms with E-state index in [0.717, 1.165) is 48.8 Å². The molecule has 0 bridgehead atoms. The van der Waals surface area contributed by atoms with Crippen LogP contribution in [-0.4, -0.2) is 41.0 Å². The molecule has 3 heterocycles. The summed E-state index contributed by atoms with van der Waals surface area (Å²) in [5, 5.41) is 5.26. The highest BCUT2D eigenvalue weighted by molar-refractivity contribution is 7.92. The Morgan fingerprint density at radius 2 is 1.97 bits per heavy atom. The highest BCUT2D eigenvalue weighted by Crippen LogP contribution is 2.41. The first-order chi connectivity index (χ1) is 15.1. The van der Waals surface area contributed by atoms with Gasteiger partial charge in [-0.05, 0) is 80.5 Å². The summed E-state index contributed by atoms with van der Waals surface area (Å²) in [5.74, 6) is 1.27. The van der Waals surface area contributed by atoms with Crippen molar-refractivity contribution in [2.75, 3.05) is 12.3 Å². The lowest BCUT2D eigenvalue weighted by atomic mass is 9.77. The van der Waals surface area contributed by atoms with Crippen LogP contribution < -0.4 is 5.32 Å². The van der Waals surface area contributed by atoms with Crippen LogP contribution >= 0.6 is 0 Å². The number of sulfone groups is 1. The topological polar surface area (TPSA) is 87.7 Å². The summed E-state index contributed by atoms with van der Waals surface area (Å²) >= 11 is 0. The van der Waals surface area contributed by atoms with Gasteiger partial charge in [0.2, 0.25) is 0 Å². The average Bonchev–Trinajstić information content (AvgIpc) is 3.47. The molecule has 3 aromatic heterocycles. The number of nitrogens with zero attached hydrogens (tertiary/aromatic N) is 2. The number of rotatable bonds is 8. The van der Waals surface area contributed by atoms with Gasteiger partial charge in [0.1, 0.15) is 5.37 Å². The minimum absolute atomic E-state index is 0.0450. The Kier molecular flexibility index (Phi) is 5.56. The number of aromatic amines is 1. The highest BCUT2D eigenvalue weighted by atomic mass is 32.2. The predicted molar refractivity (Wildman–Crippen MR) is 125 cm³/mol. The van der Waals surface area contributed by atoms with Crippen molar-refractivity contribution < 1.29 is 8.42 Å². The van der Waals surface area contributed by atoms with Crippen LogP contribution in [0.25, 0.3) is 21.9 Å². The molecule has 31 heavy (non-hydrogen) atoms. The molecule has 2 N–H and O–H groups in total. The molecule has 5 rings (SSSR count). The molecular weight excluding hydrogens is 408 g/mol. The van der Waals surface area contributed by atoms with E-state index in [4.69, 9.17) is 0 Å². The van der Waals surface area contributed by atoms with Gasteiger partial charge in [0.15, 0.2) is 15.5 Å². The molecule has 6 nitrogen and oxygen atoms in total. The second-order valence-corrected chi connectivity index (χ2v) is 11.3. The maximum Gasteiger partial charge on any atom is 0.169 e. The van der Waals surface area contributed by atoms with Crippen molar-refractivity contribution in [1.29, 1.82) is 0 Å². The fraction of sp³-hybridized carbons (Fsp3) is 0.500. The molecule has 2 fully saturated rings. The second-order valence-electron chi connectivity index (χ2n) is 9.16. The van der Waals surface area contributed by atoms with Gasteiger partial charge in [-0.15, -0.1) is 6.58 Å². The highest BCUT2D eigenvalue weighted by Gasteiger charge is 2.37. The summed E-state index contributed by atoms with van der Waals surface area (Å²) in [5.41, 5.74) is 3.13. The monoisotopic (exact) mass is 438 g/mol. The smallest absolute Gasteiger partial charge is 0.169 e. The number of pyridine rings is 2. The SMILES string of the molecule is C=CCS(=O)(=O)C(NCC1CC1)C1CCC(c2cc[nH]c3cnc4nccc4c23)CC1. The van der Waals surface area contributed by atoms with Gasteiger partial charge in [-0.3, -0.25) is 0 Å². The van der Waals surface area contributed by atoms with E-state index < -0.39 is 15.2 Å². The van der Waals surface area contributed by atoms with E-state index in [2.05, 4.69) is 32.9 Å². The van der Waals surface area contributed by atoms with Crippen LogP contribution in [0.15, 0.2) is 43.4 Å². The van der Waals surface area contributed by atoms with Crippen LogP contribution in [0, 0.1) is 11.8 Å². The molecule has 2 aliphatic carbocycles. The van der Waals surface area contributed by atoms with Crippen LogP contribution in [0.1, 0.15) is 50.0 Å². The van der Waals surface area contributed by atoms with E-state index in [0.29, 0.717) is 11.8 Å². The van der Waals surface area contributed by atoms with Crippen molar-refractivity contribution in [3.63, 3.8) is 0 Å². The molecule has 164 valence electrons. The molecule has 1 unspecified atom stereocenters. The number of aromatic nitrogens is 3. The summed E-state index contributed by atoms with van der Waals surface area (Å²) in [6, 6.07) is 4.21. The van der Waals surface area contributed by atoms with Gasteiger partial charge in [-0.25, -0.2) is 18.4 Å². The fourth-order valence-electron chi connectivity index (χ4n) is 5.22. The molecule has 0 aromatic carbocycles. The van der Waals surface area contributed by atoms with Gasteiger partial charge in [0.25, 0.3) is 0 Å². The Morgan fingerprint density at radius 3 is 2.71 bits per heavy atom. The molecule has 3 aromatic rings. The molecule has 7 heteroatoms. The van der Waals surface area contributed by atoms with Crippen molar-refractivity contribution in [3.05, 3.63) is 48.9 Å². The maximum atomic E-state index is 13.0. The third-order valence-electron chi connectivity index (χ3n) is 7.01. The van der Waals surface area contributed by atoms with E-state index in [1.165, 1.54) is 29.9 Å². The van der Waals surface area contributed by atoms with Crippen LogP contribution in [0.3, 0.4) is 0 Å². The summed E-state index contributed by atoms with van der Waals surface area (Å²) in [6.07, 6.45) is 13.4. The lowest BCUT2D eigenvalue weighted by Crippen LogP contribution is -2.45. The number of fused-ring (bicyclic) bond motifs is 3. The Labute approximate surface area is 183 Å².